The van der Waals surface area contributed by atoms with Crippen molar-refractivity contribution in [1.29, 1.82) is 5.26 Å². The summed E-state index contributed by atoms with van der Waals surface area (Å²) in [4.78, 5) is 42.1. The lowest BCUT2D eigenvalue weighted by atomic mass is 10.0. The zero-order chi connectivity index (χ0) is 44.7. The van der Waals surface area contributed by atoms with E-state index in [9.17, 15) is 45.5 Å². The normalized spacial score (nSPS) is 14.6. The highest BCUT2D eigenvalue weighted by Crippen LogP contribution is 2.34. The number of hydrogen-bond donors (Lipinski definition) is 4. The predicted octanol–water partition coefficient (Wildman–Crippen LogP) is 6.14. The Kier molecular flexibility index (Phi) is 14.1. The number of fused-ring (bicyclic) bond motifs is 1. The molecule has 1 aliphatic heterocycles. The summed E-state index contributed by atoms with van der Waals surface area (Å²) < 4.78 is 81.1. The van der Waals surface area contributed by atoms with Crippen LogP contribution in [-0.4, -0.2) is 96.0 Å². The Hall–Kier alpha value is -6.16. The van der Waals surface area contributed by atoms with Gasteiger partial charge in [0.1, 0.15) is 5.82 Å². The summed E-state index contributed by atoms with van der Waals surface area (Å²) in [6.07, 6.45) is -0.852. The highest BCUT2D eigenvalue weighted by atomic mass is 32.2. The molecule has 2 amide bonds. The SMILES string of the molecule is CC(O)(CS(=O)(=O)c1ccc(NCCCCCCN2CCN(C(=O)c3cc(Cc4n[nH]c(=O)c5ccccc45)ccc3F)CC2)cc1)C(=O)Nc1ccc(C#N)c(C(F)(F)F)c1. The molecule has 1 fully saturated rings. The van der Waals surface area contributed by atoms with E-state index in [4.69, 9.17) is 5.26 Å². The van der Waals surface area contributed by atoms with Crippen molar-refractivity contribution in [3.05, 3.63) is 129 Å². The number of nitriles is 1. The molecule has 2 heterocycles. The number of sulfone groups is 1. The molecule has 62 heavy (non-hydrogen) atoms. The van der Waals surface area contributed by atoms with Crippen molar-refractivity contribution in [2.45, 2.75) is 55.7 Å². The summed E-state index contributed by atoms with van der Waals surface area (Å²) >= 11 is 0. The minimum Gasteiger partial charge on any atom is -0.385 e. The number of aromatic nitrogens is 2. The third kappa shape index (κ3) is 11.2. The second-order valence-corrected chi connectivity index (χ2v) is 17.4. The summed E-state index contributed by atoms with van der Waals surface area (Å²) in [7, 11) is -4.21. The van der Waals surface area contributed by atoms with Gasteiger partial charge in [-0.3, -0.25) is 19.3 Å². The first-order chi connectivity index (χ1) is 29.4. The number of piperazine rings is 1. The van der Waals surface area contributed by atoms with Crippen LogP contribution >= 0.6 is 0 Å². The van der Waals surface area contributed by atoms with Crippen LogP contribution in [0.5, 0.6) is 0 Å². The molecule has 1 aromatic heterocycles. The average molecular weight is 876 g/mol. The molecular formula is C44H45F4N7O6S. The van der Waals surface area contributed by atoms with Gasteiger partial charge in [-0.25, -0.2) is 17.9 Å². The van der Waals surface area contributed by atoms with Gasteiger partial charge in [0.15, 0.2) is 15.4 Å². The van der Waals surface area contributed by atoms with Crippen molar-refractivity contribution >= 4 is 43.8 Å². The Morgan fingerprint density at radius 1 is 0.903 bits per heavy atom. The molecule has 5 aromatic rings. The van der Waals surface area contributed by atoms with Gasteiger partial charge in [-0.15, -0.1) is 0 Å². The van der Waals surface area contributed by atoms with Gasteiger partial charge in [0, 0.05) is 55.9 Å². The molecule has 0 bridgehead atoms. The smallest absolute Gasteiger partial charge is 0.385 e. The van der Waals surface area contributed by atoms with Gasteiger partial charge < -0.3 is 20.6 Å². The molecule has 326 valence electrons. The molecule has 6 rings (SSSR count). The molecule has 1 saturated heterocycles. The lowest BCUT2D eigenvalue weighted by Crippen LogP contribution is -2.49. The van der Waals surface area contributed by atoms with E-state index in [1.54, 1.807) is 41.3 Å². The molecule has 1 unspecified atom stereocenters. The van der Waals surface area contributed by atoms with Crippen molar-refractivity contribution in [2.24, 2.45) is 0 Å². The molecule has 1 atom stereocenters. The van der Waals surface area contributed by atoms with Gasteiger partial charge in [-0.05, 0) is 92.5 Å². The number of anilines is 2. The van der Waals surface area contributed by atoms with Gasteiger partial charge in [0.2, 0.25) is 0 Å². The van der Waals surface area contributed by atoms with E-state index in [1.165, 1.54) is 24.3 Å². The maximum atomic E-state index is 14.9. The van der Waals surface area contributed by atoms with E-state index in [1.807, 2.05) is 12.1 Å². The van der Waals surface area contributed by atoms with Gasteiger partial charge in [0.05, 0.1) is 44.5 Å². The lowest BCUT2D eigenvalue weighted by molar-refractivity contribution is -0.137. The minimum absolute atomic E-state index is 0.00514. The van der Waals surface area contributed by atoms with Crippen molar-refractivity contribution in [1.82, 2.24) is 20.0 Å². The highest BCUT2D eigenvalue weighted by molar-refractivity contribution is 7.91. The number of amides is 2. The number of H-pyrrole nitrogens is 1. The molecule has 13 nitrogen and oxygen atoms in total. The Morgan fingerprint density at radius 2 is 1.58 bits per heavy atom. The Labute approximate surface area is 355 Å². The number of carbonyl (C=O) groups is 2. The van der Waals surface area contributed by atoms with E-state index < -0.39 is 50.2 Å². The zero-order valence-corrected chi connectivity index (χ0v) is 34.6. The first-order valence-corrected chi connectivity index (χ1v) is 21.6. The second kappa shape index (κ2) is 19.3. The fraction of sp³-hybridized carbons (Fsp3) is 0.341. The molecule has 4 aromatic carbocycles. The largest absolute Gasteiger partial charge is 0.417 e. The molecule has 4 N–H and O–H groups in total. The van der Waals surface area contributed by atoms with Crippen LogP contribution in [0.15, 0.2) is 94.6 Å². The van der Waals surface area contributed by atoms with E-state index in [-0.39, 0.29) is 27.6 Å². The van der Waals surface area contributed by atoms with Crippen molar-refractivity contribution in [2.75, 3.05) is 55.7 Å². The fourth-order valence-corrected chi connectivity index (χ4v) is 8.84. The number of hydrogen-bond acceptors (Lipinski definition) is 10. The van der Waals surface area contributed by atoms with Crippen molar-refractivity contribution in [3.63, 3.8) is 0 Å². The molecule has 1 aliphatic rings. The number of benzene rings is 4. The minimum atomic E-state index is -4.88. The summed E-state index contributed by atoms with van der Waals surface area (Å²) in [6, 6.07) is 21.2. The summed E-state index contributed by atoms with van der Waals surface area (Å²) in [5, 5.41) is 33.0. The van der Waals surface area contributed by atoms with Crippen LogP contribution in [0, 0.1) is 17.1 Å². The monoisotopic (exact) mass is 875 g/mol. The third-order valence-electron chi connectivity index (χ3n) is 10.7. The number of unbranched alkanes of at least 4 members (excludes halogenated alkanes) is 3. The predicted molar refractivity (Wildman–Crippen MR) is 225 cm³/mol. The third-order valence-corrected chi connectivity index (χ3v) is 12.6. The van der Waals surface area contributed by atoms with E-state index in [0.717, 1.165) is 51.3 Å². The van der Waals surface area contributed by atoms with Crippen molar-refractivity contribution in [3.8, 4) is 6.07 Å². The van der Waals surface area contributed by atoms with Gasteiger partial charge in [-0.2, -0.15) is 23.5 Å². The number of nitrogens with zero attached hydrogens (tertiary/aromatic N) is 4. The quantitative estimate of drug-likeness (QED) is 0.0663. The van der Waals surface area contributed by atoms with Crippen molar-refractivity contribution < 1.29 is 40.7 Å². The van der Waals surface area contributed by atoms with E-state index >= 15 is 0 Å². The topological polar surface area (TPSA) is 189 Å². The van der Waals surface area contributed by atoms with Crippen LogP contribution in [-0.2, 0) is 27.2 Å². The zero-order valence-electron chi connectivity index (χ0n) is 33.8. The van der Waals surface area contributed by atoms with Gasteiger partial charge in [0.25, 0.3) is 17.4 Å². The average Bonchev–Trinajstić information content (AvgIpc) is 3.24. The molecular weight excluding hydrogens is 831 g/mol. The summed E-state index contributed by atoms with van der Waals surface area (Å²) in [5.74, 6) is -3.23. The number of aliphatic hydroxyl groups is 1. The molecule has 0 radical (unpaired) electrons. The van der Waals surface area contributed by atoms with E-state index in [0.29, 0.717) is 72.9 Å². The molecule has 0 spiro atoms. The van der Waals surface area contributed by atoms with Crippen LogP contribution in [0.1, 0.15) is 65.3 Å². The first kappa shape index (κ1) is 45.4. The second-order valence-electron chi connectivity index (χ2n) is 15.4. The Morgan fingerprint density at radius 3 is 2.27 bits per heavy atom. The van der Waals surface area contributed by atoms with Crippen LogP contribution in [0.2, 0.25) is 0 Å². The van der Waals surface area contributed by atoms with Gasteiger partial charge >= 0.3 is 6.18 Å². The first-order valence-electron chi connectivity index (χ1n) is 19.9. The number of halogens is 4. The summed E-state index contributed by atoms with van der Waals surface area (Å²) in [6.45, 7) is 4.72. The highest BCUT2D eigenvalue weighted by Gasteiger charge is 2.38. The van der Waals surface area contributed by atoms with Gasteiger partial charge in [-0.1, -0.05) is 37.1 Å². The Balaban J connectivity index is 0.887. The number of aromatic amines is 1. The fourth-order valence-electron chi connectivity index (χ4n) is 7.26. The number of rotatable bonds is 16. The van der Waals surface area contributed by atoms with Crippen LogP contribution in [0.3, 0.4) is 0 Å². The number of carbonyl (C=O) groups excluding carboxylic acids is 2. The lowest BCUT2D eigenvalue weighted by Gasteiger charge is -2.35. The maximum Gasteiger partial charge on any atom is 0.417 e. The molecule has 0 saturated carbocycles. The molecule has 18 heteroatoms. The summed E-state index contributed by atoms with van der Waals surface area (Å²) in [5.41, 5.74) is -3.12. The van der Waals surface area contributed by atoms with E-state index in [2.05, 4.69) is 25.7 Å². The molecule has 0 aliphatic carbocycles. The Bertz CT molecular complexity index is 2640. The van der Waals surface area contributed by atoms with Crippen LogP contribution < -0.4 is 16.2 Å². The van der Waals surface area contributed by atoms with Crippen LogP contribution in [0.4, 0.5) is 28.9 Å². The number of alkyl halides is 3. The van der Waals surface area contributed by atoms with Crippen LogP contribution in [0.25, 0.3) is 10.8 Å². The maximum absolute atomic E-state index is 14.9. The standard InChI is InChI=1S/C44H45F4N7O6S/c1-43(59,42(58)51-32-12-11-30(27-49)37(26-32)44(46,47)48)28-62(60,61)33-15-13-31(14-16-33)50-18-6-2-3-7-19-54-20-22-55(23-21-54)41(57)36-24-29(10-17-38(36)45)25-39-34-8-4-5-9-35(34)40(56)53-52-39/h4-5,8-17,24,26,50,59H,2-3,6-7,18-23,25,28H2,1H3,(H,51,58)(H,53,56). The number of nitrogens with one attached hydrogen (secondary N) is 3.